The zero-order valence-electron chi connectivity index (χ0n) is 37.1. The first-order valence-electron chi connectivity index (χ1n) is 22.4. The fraction of sp³-hybridized carbons (Fsp3) is 0.0690. The van der Waals surface area contributed by atoms with E-state index in [0.717, 1.165) is 61.3 Å². The number of nitrogens with zero attached hydrogens (tertiary/aromatic N) is 4. The number of pyridine rings is 1. The Hall–Kier alpha value is -7.07. The van der Waals surface area contributed by atoms with Crippen LogP contribution in [0.2, 0.25) is 0 Å². The normalized spacial score (nSPS) is 12.8. The second-order valence-electron chi connectivity index (χ2n) is 17.4. The van der Waals surface area contributed by atoms with Crippen LogP contribution in [0.1, 0.15) is 22.3 Å². The SMILES string of the molecule is Cc1cccc(C)c1B1c2ccccc2B(c2c(C)cccc2C)c2c(Oc3cccc4c3[n-]c3c(-c5ccccn5)cccc34)[c-]c(N3[CH-]N(c4ccccc4)c4ccccc43)cc21.[Pt]. The van der Waals surface area contributed by atoms with Crippen molar-refractivity contribution in [2.24, 2.45) is 0 Å². The third-order valence-corrected chi connectivity index (χ3v) is 13.6. The summed E-state index contributed by atoms with van der Waals surface area (Å²) in [7, 11) is 0. The molecule has 66 heavy (non-hydrogen) atoms. The van der Waals surface area contributed by atoms with E-state index in [1.807, 2.05) is 24.4 Å². The Morgan fingerprint density at radius 3 is 1.79 bits per heavy atom. The third-order valence-electron chi connectivity index (χ3n) is 13.6. The van der Waals surface area contributed by atoms with Gasteiger partial charge in [0.1, 0.15) is 5.75 Å². The number of para-hydroxylation sites is 5. The molecule has 0 aliphatic carbocycles. The zero-order valence-corrected chi connectivity index (χ0v) is 39.3. The van der Waals surface area contributed by atoms with Crippen LogP contribution in [0.5, 0.6) is 11.5 Å². The van der Waals surface area contributed by atoms with Gasteiger partial charge in [0, 0.05) is 50.1 Å². The maximum Gasteiger partial charge on any atom is 0.217 e. The molecule has 0 spiro atoms. The van der Waals surface area contributed by atoms with Gasteiger partial charge >= 0.3 is 0 Å². The summed E-state index contributed by atoms with van der Waals surface area (Å²) >= 11 is 0. The summed E-state index contributed by atoms with van der Waals surface area (Å²) in [6.07, 6.45) is 1.84. The van der Waals surface area contributed by atoms with Gasteiger partial charge in [0.05, 0.1) is 5.69 Å². The second kappa shape index (κ2) is 16.7. The molecule has 0 saturated carbocycles. The van der Waals surface area contributed by atoms with E-state index in [1.54, 1.807) is 0 Å². The summed E-state index contributed by atoms with van der Waals surface area (Å²) in [4.78, 5) is 14.7. The van der Waals surface area contributed by atoms with Crippen LogP contribution < -0.4 is 52.3 Å². The van der Waals surface area contributed by atoms with Crippen LogP contribution in [-0.4, -0.2) is 18.4 Å². The standard InChI is InChI=1S/C58H43B2N4O.Pt/c1-37-18-14-19-38(2)54(37)59-46-27-8-9-28-47(46)60(55-39(3)20-15-21-40(55)4)56-48(59)34-42(64-36-63(41-22-6-5-7-23-41)50-30-10-11-31-51(50)64)35-53(56)65-52-32-17-25-44-43-24-16-26-45(57(43)62-58(44)52)49-29-12-13-33-61-49;/h5-34,36H,1-4H3;/q-3;. The van der Waals surface area contributed by atoms with E-state index in [9.17, 15) is 0 Å². The van der Waals surface area contributed by atoms with Crippen LogP contribution in [0.3, 0.4) is 0 Å². The molecule has 2 aliphatic rings. The molecule has 0 bridgehead atoms. The van der Waals surface area contributed by atoms with Crippen molar-refractivity contribution in [3.05, 3.63) is 217 Å². The van der Waals surface area contributed by atoms with Crippen molar-refractivity contribution in [3.8, 4) is 22.8 Å². The fourth-order valence-electron chi connectivity index (χ4n) is 10.7. The number of fused-ring (bicyclic) bond motifs is 6. The Labute approximate surface area is 401 Å². The first-order chi connectivity index (χ1) is 31.9. The Kier molecular flexibility index (Phi) is 10.6. The Morgan fingerprint density at radius 1 is 0.530 bits per heavy atom. The molecule has 0 radical (unpaired) electrons. The van der Waals surface area contributed by atoms with Gasteiger partial charge in [-0.15, -0.1) is 29.4 Å². The molecule has 0 fully saturated rings. The molecular formula is C58H43B2N4OPt-3. The molecule has 0 amide bonds. The van der Waals surface area contributed by atoms with Gasteiger partial charge in [0.15, 0.2) is 6.71 Å². The molecule has 0 unspecified atom stereocenters. The molecule has 0 N–H and O–H groups in total. The van der Waals surface area contributed by atoms with Crippen LogP contribution in [0.25, 0.3) is 33.1 Å². The van der Waals surface area contributed by atoms with Crippen molar-refractivity contribution in [2.45, 2.75) is 27.7 Å². The maximum absolute atomic E-state index is 7.57. The number of anilines is 4. The molecule has 12 rings (SSSR count). The van der Waals surface area contributed by atoms with Gasteiger partial charge in [0.25, 0.3) is 0 Å². The molecule has 5 nitrogen and oxygen atoms in total. The molecule has 8 heteroatoms. The van der Waals surface area contributed by atoms with Gasteiger partial charge in [-0.25, -0.2) is 0 Å². The van der Waals surface area contributed by atoms with Crippen LogP contribution in [0.4, 0.5) is 22.7 Å². The van der Waals surface area contributed by atoms with E-state index in [4.69, 9.17) is 14.7 Å². The van der Waals surface area contributed by atoms with Gasteiger partial charge in [-0.1, -0.05) is 177 Å². The fourth-order valence-corrected chi connectivity index (χ4v) is 10.7. The zero-order chi connectivity index (χ0) is 43.8. The van der Waals surface area contributed by atoms with Crippen molar-refractivity contribution in [3.63, 3.8) is 0 Å². The molecular weight excluding hydrogens is 985 g/mol. The average Bonchev–Trinajstić information content (AvgIpc) is 3.92. The quantitative estimate of drug-likeness (QED) is 0.118. The Morgan fingerprint density at radius 2 is 1.11 bits per heavy atom. The van der Waals surface area contributed by atoms with E-state index in [1.165, 1.54) is 49.6 Å². The van der Waals surface area contributed by atoms with Crippen LogP contribution in [0, 0.1) is 40.4 Å². The van der Waals surface area contributed by atoms with E-state index < -0.39 is 0 Å². The smallest absolute Gasteiger partial charge is 0.217 e. The topological polar surface area (TPSA) is 42.7 Å². The van der Waals surface area contributed by atoms with Gasteiger partial charge in [-0.05, 0) is 86.5 Å². The predicted octanol–water partition coefficient (Wildman–Crippen LogP) is 9.59. The number of hydrogen-bond acceptors (Lipinski definition) is 4. The van der Waals surface area contributed by atoms with E-state index in [0.29, 0.717) is 11.5 Å². The van der Waals surface area contributed by atoms with Gasteiger partial charge in [-0.3, -0.25) is 4.98 Å². The first kappa shape index (κ1) is 41.6. The van der Waals surface area contributed by atoms with Gasteiger partial charge in [0.2, 0.25) is 6.71 Å². The maximum atomic E-state index is 7.57. The first-order valence-corrected chi connectivity index (χ1v) is 22.4. The van der Waals surface area contributed by atoms with Crippen molar-refractivity contribution in [1.29, 1.82) is 0 Å². The predicted molar refractivity (Wildman–Crippen MR) is 272 cm³/mol. The molecule has 0 atom stereocenters. The third kappa shape index (κ3) is 6.71. The summed E-state index contributed by atoms with van der Waals surface area (Å²) in [6, 6.07) is 66.6. The number of hydrogen-bond donors (Lipinski definition) is 0. The number of aromatic nitrogens is 2. The van der Waals surface area contributed by atoms with Gasteiger partial charge in [-0.2, -0.15) is 11.5 Å². The molecule has 4 heterocycles. The molecule has 0 saturated heterocycles. The number of ether oxygens (including phenoxy) is 1. The summed E-state index contributed by atoms with van der Waals surface area (Å²) in [5.74, 6) is 1.37. The minimum atomic E-state index is -0.138. The monoisotopic (exact) mass is 1030 g/mol. The summed E-state index contributed by atoms with van der Waals surface area (Å²) in [5, 5.41) is 2.10. The minimum absolute atomic E-state index is 0. The van der Waals surface area contributed by atoms with Crippen LogP contribution in [0.15, 0.2) is 182 Å². The summed E-state index contributed by atoms with van der Waals surface area (Å²) in [5.41, 5.74) is 20.2. The van der Waals surface area contributed by atoms with Crippen molar-refractivity contribution in [1.82, 2.24) is 9.97 Å². The Bertz CT molecular complexity index is 3440. The molecule has 8 aromatic carbocycles. The summed E-state index contributed by atoms with van der Waals surface area (Å²) < 4.78 is 7.57. The van der Waals surface area contributed by atoms with E-state index >= 15 is 0 Å². The largest absolute Gasteiger partial charge is 0.653 e. The number of aryl methyl sites for hydroxylation is 4. The number of benzene rings is 8. The van der Waals surface area contributed by atoms with Crippen molar-refractivity contribution < 1.29 is 25.8 Å². The molecule has 2 aromatic heterocycles. The summed E-state index contributed by atoms with van der Waals surface area (Å²) in [6.45, 7) is 11.0. The molecule has 10 aromatic rings. The Balaban J connectivity index is 0.00000481. The molecule has 2 aliphatic heterocycles. The minimum Gasteiger partial charge on any atom is -0.653 e. The molecule has 320 valence electrons. The number of rotatable bonds is 7. The average molecular weight is 1030 g/mol. The van der Waals surface area contributed by atoms with E-state index in [-0.39, 0.29) is 34.5 Å². The van der Waals surface area contributed by atoms with Crippen molar-refractivity contribution in [2.75, 3.05) is 9.80 Å². The van der Waals surface area contributed by atoms with Crippen LogP contribution >= 0.6 is 0 Å². The van der Waals surface area contributed by atoms with Gasteiger partial charge < -0.3 is 19.5 Å². The van der Waals surface area contributed by atoms with E-state index in [2.05, 4.69) is 208 Å². The van der Waals surface area contributed by atoms with Crippen LogP contribution in [-0.2, 0) is 21.1 Å². The second-order valence-corrected chi connectivity index (χ2v) is 17.4. The van der Waals surface area contributed by atoms with Crippen molar-refractivity contribution >= 4 is 90.8 Å².